The van der Waals surface area contributed by atoms with Gasteiger partial charge >= 0.3 is 0 Å². The molecule has 0 saturated carbocycles. The van der Waals surface area contributed by atoms with Crippen LogP contribution in [0.4, 0.5) is 5.82 Å². The average molecular weight is 487 g/mol. The van der Waals surface area contributed by atoms with Crippen LogP contribution in [0.25, 0.3) is 11.7 Å². The summed E-state index contributed by atoms with van der Waals surface area (Å²) in [6.07, 6.45) is 5.34. The van der Waals surface area contributed by atoms with Crippen molar-refractivity contribution in [3.05, 3.63) is 44.7 Å². The average Bonchev–Trinajstić information content (AvgIpc) is 3.02. The van der Waals surface area contributed by atoms with E-state index in [1.807, 2.05) is 19.1 Å². The number of aromatic nitrogens is 2. The van der Waals surface area contributed by atoms with Gasteiger partial charge in [0.25, 0.3) is 11.5 Å². The van der Waals surface area contributed by atoms with E-state index in [4.69, 9.17) is 21.9 Å². The summed E-state index contributed by atoms with van der Waals surface area (Å²) in [5, 5.41) is 0. The van der Waals surface area contributed by atoms with Crippen molar-refractivity contribution in [1.29, 1.82) is 0 Å². The Balaban J connectivity index is 1.80. The van der Waals surface area contributed by atoms with Gasteiger partial charge in [0.2, 0.25) is 0 Å². The standard InChI is InChI=1S/C24H30N4O3S2/c1-15-6-7-20-25-21(26-12-16(2)10-17(3)13-26)18(22(29)28(20)14-15)11-19-23(30)27(24(32)33-19)8-5-9-31-4/h6-7,11,14,16-17H,5,8-10,12-13H2,1-4H3/b19-11-/t16-,17-/m1/s1. The molecule has 4 rings (SSSR count). The molecular formula is C24H30N4O3S2. The van der Waals surface area contributed by atoms with Gasteiger partial charge in [-0.3, -0.25) is 18.9 Å². The molecule has 4 heterocycles. The van der Waals surface area contributed by atoms with Crippen LogP contribution in [-0.4, -0.2) is 57.9 Å². The van der Waals surface area contributed by atoms with Crippen molar-refractivity contribution in [2.45, 2.75) is 33.6 Å². The van der Waals surface area contributed by atoms with Crippen LogP contribution in [0.1, 0.15) is 37.8 Å². The molecule has 176 valence electrons. The third-order valence-electron chi connectivity index (χ3n) is 6.03. The fraction of sp³-hybridized carbons (Fsp3) is 0.500. The zero-order valence-electron chi connectivity index (χ0n) is 19.5. The number of hydrogen-bond acceptors (Lipinski definition) is 7. The third-order valence-corrected chi connectivity index (χ3v) is 7.41. The van der Waals surface area contributed by atoms with Crippen molar-refractivity contribution in [3.8, 4) is 0 Å². The van der Waals surface area contributed by atoms with Gasteiger partial charge in [-0.25, -0.2) is 4.98 Å². The number of piperidine rings is 1. The lowest BCUT2D eigenvalue weighted by atomic mass is 9.91. The van der Waals surface area contributed by atoms with Crippen LogP contribution >= 0.6 is 24.0 Å². The molecule has 7 nitrogen and oxygen atoms in total. The first kappa shape index (κ1) is 23.9. The number of carbonyl (C=O) groups excluding carboxylic acids is 1. The van der Waals surface area contributed by atoms with Crippen molar-refractivity contribution in [2.24, 2.45) is 11.8 Å². The van der Waals surface area contributed by atoms with E-state index < -0.39 is 0 Å². The summed E-state index contributed by atoms with van der Waals surface area (Å²) in [4.78, 5) is 35.9. The molecule has 2 aromatic rings. The van der Waals surface area contributed by atoms with E-state index >= 15 is 0 Å². The van der Waals surface area contributed by atoms with Crippen LogP contribution in [0.5, 0.6) is 0 Å². The Morgan fingerprint density at radius 3 is 2.67 bits per heavy atom. The fourth-order valence-corrected chi connectivity index (χ4v) is 5.93. The molecule has 2 saturated heterocycles. The molecule has 0 aliphatic carbocycles. The lowest BCUT2D eigenvalue weighted by Crippen LogP contribution is -2.40. The number of ether oxygens (including phenoxy) is 1. The summed E-state index contributed by atoms with van der Waals surface area (Å²) in [5.41, 5.74) is 1.84. The number of rotatable bonds is 6. The number of amides is 1. The van der Waals surface area contributed by atoms with Gasteiger partial charge < -0.3 is 9.64 Å². The third kappa shape index (κ3) is 5.00. The van der Waals surface area contributed by atoms with E-state index in [0.29, 0.717) is 57.7 Å². The summed E-state index contributed by atoms with van der Waals surface area (Å²) in [6.45, 7) is 9.11. The van der Waals surface area contributed by atoms with Crippen molar-refractivity contribution >= 4 is 51.7 Å². The highest BCUT2D eigenvalue weighted by Crippen LogP contribution is 2.34. The predicted octanol–water partition coefficient (Wildman–Crippen LogP) is 3.72. The Hall–Kier alpha value is -2.23. The molecular weight excluding hydrogens is 456 g/mol. The Morgan fingerprint density at radius 2 is 1.97 bits per heavy atom. The predicted molar refractivity (Wildman–Crippen MR) is 138 cm³/mol. The van der Waals surface area contributed by atoms with Crippen molar-refractivity contribution in [3.63, 3.8) is 0 Å². The molecule has 2 atom stereocenters. The number of fused-ring (bicyclic) bond motifs is 1. The fourth-order valence-electron chi connectivity index (χ4n) is 4.64. The first-order valence-corrected chi connectivity index (χ1v) is 12.5. The molecule has 2 aliphatic rings. The summed E-state index contributed by atoms with van der Waals surface area (Å²) < 4.78 is 7.18. The molecule has 0 aromatic carbocycles. The van der Waals surface area contributed by atoms with Gasteiger partial charge in [0, 0.05) is 39.5 Å². The highest BCUT2D eigenvalue weighted by Gasteiger charge is 2.33. The minimum atomic E-state index is -0.172. The Kier molecular flexibility index (Phi) is 7.21. The quantitative estimate of drug-likeness (QED) is 0.350. The second-order valence-corrected chi connectivity index (χ2v) is 10.8. The number of anilines is 1. The number of thioether (sulfide) groups is 1. The summed E-state index contributed by atoms with van der Waals surface area (Å²) in [5.74, 6) is 1.48. The van der Waals surface area contributed by atoms with Gasteiger partial charge in [-0.1, -0.05) is 43.9 Å². The molecule has 9 heteroatoms. The van der Waals surface area contributed by atoms with Gasteiger partial charge in [-0.05, 0) is 49.3 Å². The van der Waals surface area contributed by atoms with Crippen LogP contribution in [0.2, 0.25) is 0 Å². The van der Waals surface area contributed by atoms with E-state index in [-0.39, 0.29) is 11.5 Å². The molecule has 0 unspecified atom stereocenters. The first-order valence-electron chi connectivity index (χ1n) is 11.3. The van der Waals surface area contributed by atoms with Crippen molar-refractivity contribution in [2.75, 3.05) is 38.3 Å². The zero-order chi connectivity index (χ0) is 23.7. The van der Waals surface area contributed by atoms with Crippen molar-refractivity contribution in [1.82, 2.24) is 14.3 Å². The summed E-state index contributed by atoms with van der Waals surface area (Å²) in [6, 6.07) is 3.83. The van der Waals surface area contributed by atoms with Crippen molar-refractivity contribution < 1.29 is 9.53 Å². The lowest BCUT2D eigenvalue weighted by Gasteiger charge is -2.36. The molecule has 0 radical (unpaired) electrons. The smallest absolute Gasteiger partial charge is 0.267 e. The van der Waals surface area contributed by atoms with E-state index in [1.165, 1.54) is 11.8 Å². The van der Waals surface area contributed by atoms with Gasteiger partial charge in [-0.15, -0.1) is 0 Å². The number of carbonyl (C=O) groups is 1. The number of methoxy groups -OCH3 is 1. The number of pyridine rings is 1. The largest absolute Gasteiger partial charge is 0.385 e. The Labute approximate surface area is 203 Å². The zero-order valence-corrected chi connectivity index (χ0v) is 21.2. The van der Waals surface area contributed by atoms with Crippen LogP contribution in [0, 0.1) is 18.8 Å². The first-order chi connectivity index (χ1) is 15.8. The maximum atomic E-state index is 13.6. The van der Waals surface area contributed by atoms with Gasteiger partial charge in [0.15, 0.2) is 0 Å². The molecule has 2 aromatic heterocycles. The Morgan fingerprint density at radius 1 is 1.24 bits per heavy atom. The summed E-state index contributed by atoms with van der Waals surface area (Å²) >= 11 is 6.70. The van der Waals surface area contributed by atoms with Crippen LogP contribution in [-0.2, 0) is 9.53 Å². The van der Waals surface area contributed by atoms with Gasteiger partial charge in [0.05, 0.1) is 10.5 Å². The maximum absolute atomic E-state index is 13.6. The lowest BCUT2D eigenvalue weighted by molar-refractivity contribution is -0.122. The second-order valence-electron chi connectivity index (χ2n) is 9.12. The number of hydrogen-bond donors (Lipinski definition) is 0. The minimum Gasteiger partial charge on any atom is -0.385 e. The molecule has 2 fully saturated rings. The molecule has 2 aliphatic heterocycles. The van der Waals surface area contributed by atoms with Gasteiger partial charge in [0.1, 0.15) is 15.8 Å². The van der Waals surface area contributed by atoms with Crippen LogP contribution in [0.3, 0.4) is 0 Å². The second kappa shape index (κ2) is 9.95. The van der Waals surface area contributed by atoms with E-state index in [0.717, 1.165) is 25.1 Å². The molecule has 1 amide bonds. The SMILES string of the molecule is COCCCN1C(=O)/C(=C/c2c(N3C[C@H](C)C[C@@H](C)C3)nc3ccc(C)cn3c2=O)SC1=S. The number of aryl methyl sites for hydroxylation is 1. The van der Waals surface area contributed by atoms with Gasteiger partial charge in [-0.2, -0.15) is 0 Å². The van der Waals surface area contributed by atoms with E-state index in [2.05, 4.69) is 18.7 Å². The molecule has 0 bridgehead atoms. The monoisotopic (exact) mass is 486 g/mol. The summed E-state index contributed by atoms with van der Waals surface area (Å²) in [7, 11) is 1.63. The normalized spacial score (nSPS) is 22.7. The van der Waals surface area contributed by atoms with E-state index in [1.54, 1.807) is 28.7 Å². The highest BCUT2D eigenvalue weighted by atomic mass is 32.2. The maximum Gasteiger partial charge on any atom is 0.267 e. The Bertz CT molecular complexity index is 1170. The number of nitrogens with zero attached hydrogens (tertiary/aromatic N) is 4. The minimum absolute atomic E-state index is 0.166. The van der Waals surface area contributed by atoms with E-state index in [9.17, 15) is 9.59 Å². The number of thiocarbonyl (C=S) groups is 1. The van der Waals surface area contributed by atoms with Crippen LogP contribution < -0.4 is 10.5 Å². The molecule has 0 N–H and O–H groups in total. The highest BCUT2D eigenvalue weighted by molar-refractivity contribution is 8.26. The van der Waals surface area contributed by atoms with Crippen LogP contribution in [0.15, 0.2) is 28.0 Å². The molecule has 0 spiro atoms. The molecule has 33 heavy (non-hydrogen) atoms. The topological polar surface area (TPSA) is 67.2 Å².